The van der Waals surface area contributed by atoms with Gasteiger partial charge in [0.05, 0.1) is 10.2 Å². The van der Waals surface area contributed by atoms with Crippen LogP contribution in [0.15, 0.2) is 5.38 Å². The molecule has 1 aliphatic heterocycles. The van der Waals surface area contributed by atoms with Crippen LogP contribution >= 0.6 is 11.3 Å². The van der Waals surface area contributed by atoms with Crippen molar-refractivity contribution in [2.24, 2.45) is 0 Å². The maximum Gasteiger partial charge on any atom is 0.0520 e. The molecule has 0 radical (unpaired) electrons. The number of thiophene rings is 1. The Balaban J connectivity index is 2.76. The minimum absolute atomic E-state index is 0.911. The minimum atomic E-state index is 0.911. The topological polar surface area (TPSA) is 29.3 Å². The van der Waals surface area contributed by atoms with E-state index >= 15 is 0 Å². The Morgan fingerprint density at radius 2 is 2.45 bits per heavy atom. The molecule has 2 rings (SSSR count). The molecule has 0 aromatic carbocycles. The van der Waals surface area contributed by atoms with E-state index in [0.717, 1.165) is 12.2 Å². The molecule has 0 saturated heterocycles. The van der Waals surface area contributed by atoms with Crippen molar-refractivity contribution in [3.8, 4) is 0 Å². The van der Waals surface area contributed by atoms with Gasteiger partial charge in [-0.3, -0.25) is 0 Å². The molecular formula is C8H10N2S. The highest BCUT2D eigenvalue weighted by atomic mass is 32.1. The molecule has 0 spiro atoms. The SMILES string of the molecule is CN1C=c2scc(N)c2=CC1. The lowest BCUT2D eigenvalue weighted by Crippen LogP contribution is -2.31. The van der Waals surface area contributed by atoms with Crippen LogP contribution in [0.4, 0.5) is 5.69 Å². The zero-order chi connectivity index (χ0) is 7.84. The highest BCUT2D eigenvalue weighted by Gasteiger charge is 2.00. The van der Waals surface area contributed by atoms with Crippen LogP contribution in [0.3, 0.4) is 0 Å². The van der Waals surface area contributed by atoms with Gasteiger partial charge in [-0.15, -0.1) is 11.3 Å². The molecule has 58 valence electrons. The number of hydrogen-bond acceptors (Lipinski definition) is 3. The van der Waals surface area contributed by atoms with Crippen LogP contribution in [0.1, 0.15) is 0 Å². The van der Waals surface area contributed by atoms with Crippen LogP contribution in [0.5, 0.6) is 0 Å². The van der Waals surface area contributed by atoms with E-state index in [1.54, 1.807) is 11.3 Å². The van der Waals surface area contributed by atoms with Crippen molar-refractivity contribution in [3.05, 3.63) is 15.1 Å². The molecule has 2 nitrogen and oxygen atoms in total. The van der Waals surface area contributed by atoms with E-state index in [0.29, 0.717) is 0 Å². The third-order valence-corrected chi connectivity index (χ3v) is 2.76. The lowest BCUT2D eigenvalue weighted by Gasteiger charge is -2.12. The highest BCUT2D eigenvalue weighted by Crippen LogP contribution is 1.98. The molecule has 0 atom stereocenters. The Hall–Kier alpha value is -0.960. The fraction of sp³-hybridized carbons (Fsp3) is 0.250. The zero-order valence-electron chi connectivity index (χ0n) is 6.37. The van der Waals surface area contributed by atoms with Crippen molar-refractivity contribution < 1.29 is 0 Å². The summed E-state index contributed by atoms with van der Waals surface area (Å²) in [6.07, 6.45) is 4.30. The van der Waals surface area contributed by atoms with E-state index in [1.807, 2.05) is 5.38 Å². The number of nitrogen functional groups attached to an aromatic ring is 1. The lowest BCUT2D eigenvalue weighted by atomic mass is 10.3. The standard InChI is InChI=1S/C8H10N2S/c1-10-3-2-6-7(9)5-11-8(6)4-10/h2,4-5H,3,9H2,1H3. The number of hydrogen-bond donors (Lipinski definition) is 1. The van der Waals surface area contributed by atoms with Crippen LogP contribution in [0.25, 0.3) is 12.3 Å². The average Bonchev–Trinajstić information content (AvgIpc) is 2.32. The molecule has 1 aliphatic rings. The Kier molecular flexibility index (Phi) is 1.39. The number of anilines is 1. The smallest absolute Gasteiger partial charge is 0.0520 e. The summed E-state index contributed by atoms with van der Waals surface area (Å²) < 4.78 is 1.27. The van der Waals surface area contributed by atoms with Crippen molar-refractivity contribution in [2.75, 3.05) is 19.3 Å². The summed E-state index contributed by atoms with van der Waals surface area (Å²) in [5, 5.41) is 3.21. The molecule has 11 heavy (non-hydrogen) atoms. The first-order valence-electron chi connectivity index (χ1n) is 3.52. The van der Waals surface area contributed by atoms with E-state index in [9.17, 15) is 0 Å². The molecule has 1 aromatic rings. The molecule has 0 fully saturated rings. The second-order valence-corrected chi connectivity index (χ2v) is 3.65. The summed E-state index contributed by atoms with van der Waals surface area (Å²) >= 11 is 1.70. The lowest BCUT2D eigenvalue weighted by molar-refractivity contribution is 0.565. The molecule has 0 unspecified atom stereocenters. The fourth-order valence-electron chi connectivity index (χ4n) is 1.20. The van der Waals surface area contributed by atoms with Gasteiger partial charge < -0.3 is 10.6 Å². The largest absolute Gasteiger partial charge is 0.398 e. The molecule has 2 heterocycles. The van der Waals surface area contributed by atoms with E-state index in [2.05, 4.69) is 24.2 Å². The summed E-state index contributed by atoms with van der Waals surface area (Å²) in [4.78, 5) is 2.15. The van der Waals surface area contributed by atoms with Gasteiger partial charge in [0.15, 0.2) is 0 Å². The Labute approximate surface area is 69.2 Å². The minimum Gasteiger partial charge on any atom is -0.398 e. The predicted molar refractivity (Wildman–Crippen MR) is 49.5 cm³/mol. The number of rotatable bonds is 0. The van der Waals surface area contributed by atoms with E-state index in [1.165, 1.54) is 9.75 Å². The van der Waals surface area contributed by atoms with E-state index < -0.39 is 0 Å². The molecule has 0 bridgehead atoms. The van der Waals surface area contributed by atoms with Crippen molar-refractivity contribution >= 4 is 29.3 Å². The monoisotopic (exact) mass is 166 g/mol. The van der Waals surface area contributed by atoms with Crippen molar-refractivity contribution in [2.45, 2.75) is 0 Å². The van der Waals surface area contributed by atoms with Crippen LogP contribution in [-0.2, 0) is 0 Å². The first kappa shape index (κ1) is 6.73. The first-order valence-corrected chi connectivity index (χ1v) is 4.40. The summed E-state index contributed by atoms with van der Waals surface area (Å²) in [5.74, 6) is 0. The zero-order valence-corrected chi connectivity index (χ0v) is 7.19. The average molecular weight is 166 g/mol. The molecule has 1 aromatic heterocycles. The van der Waals surface area contributed by atoms with Gasteiger partial charge in [0, 0.05) is 30.4 Å². The Morgan fingerprint density at radius 3 is 3.27 bits per heavy atom. The third kappa shape index (κ3) is 1.01. The summed E-state index contributed by atoms with van der Waals surface area (Å²) in [6.45, 7) is 0.966. The van der Waals surface area contributed by atoms with Gasteiger partial charge >= 0.3 is 0 Å². The summed E-state index contributed by atoms with van der Waals surface area (Å²) in [7, 11) is 2.06. The number of fused-ring (bicyclic) bond motifs is 1. The fourth-order valence-corrected chi connectivity index (χ4v) is 2.15. The number of nitrogens with zero attached hydrogens (tertiary/aromatic N) is 1. The number of nitrogens with two attached hydrogens (primary N) is 1. The van der Waals surface area contributed by atoms with Crippen molar-refractivity contribution in [1.29, 1.82) is 0 Å². The molecule has 0 saturated carbocycles. The van der Waals surface area contributed by atoms with Gasteiger partial charge in [0.2, 0.25) is 0 Å². The maximum atomic E-state index is 5.75. The Bertz CT molecular complexity index is 377. The molecular weight excluding hydrogens is 156 g/mol. The van der Waals surface area contributed by atoms with Gasteiger partial charge in [-0.05, 0) is 0 Å². The normalized spacial score (nSPS) is 15.2. The third-order valence-electron chi connectivity index (χ3n) is 1.81. The van der Waals surface area contributed by atoms with Crippen LogP contribution < -0.4 is 15.5 Å². The summed E-state index contributed by atoms with van der Waals surface area (Å²) in [6, 6.07) is 0. The quantitative estimate of drug-likeness (QED) is 0.578. The van der Waals surface area contributed by atoms with Gasteiger partial charge in [0.1, 0.15) is 0 Å². The van der Waals surface area contributed by atoms with Gasteiger partial charge in [-0.2, -0.15) is 0 Å². The maximum absolute atomic E-state index is 5.75. The van der Waals surface area contributed by atoms with Gasteiger partial charge in [-0.1, -0.05) is 6.08 Å². The second kappa shape index (κ2) is 2.27. The van der Waals surface area contributed by atoms with Crippen LogP contribution in [0.2, 0.25) is 0 Å². The van der Waals surface area contributed by atoms with E-state index in [-0.39, 0.29) is 0 Å². The molecule has 0 amide bonds. The molecule has 0 aliphatic carbocycles. The Morgan fingerprint density at radius 1 is 1.64 bits per heavy atom. The highest BCUT2D eigenvalue weighted by molar-refractivity contribution is 7.08. The van der Waals surface area contributed by atoms with E-state index in [4.69, 9.17) is 5.73 Å². The van der Waals surface area contributed by atoms with Crippen LogP contribution in [-0.4, -0.2) is 18.5 Å². The van der Waals surface area contributed by atoms with Crippen molar-refractivity contribution in [3.63, 3.8) is 0 Å². The molecule has 2 N–H and O–H groups in total. The van der Waals surface area contributed by atoms with Crippen molar-refractivity contribution in [1.82, 2.24) is 4.90 Å². The summed E-state index contributed by atoms with van der Waals surface area (Å²) in [5.41, 5.74) is 6.66. The van der Waals surface area contributed by atoms with Gasteiger partial charge in [-0.25, -0.2) is 0 Å². The van der Waals surface area contributed by atoms with Gasteiger partial charge in [0.25, 0.3) is 0 Å². The van der Waals surface area contributed by atoms with Crippen LogP contribution in [0, 0.1) is 0 Å². The predicted octanol–water partition coefficient (Wildman–Crippen LogP) is -0.206. The second-order valence-electron chi connectivity index (χ2n) is 2.74. The first-order chi connectivity index (χ1) is 5.27. The molecule has 3 heteroatoms.